The Morgan fingerprint density at radius 2 is 1.81 bits per heavy atom. The number of hydrogen-bond donors (Lipinski definition) is 2. The van der Waals surface area contributed by atoms with Crippen LogP contribution in [0.15, 0.2) is 24.8 Å². The molecule has 1 aliphatic rings. The summed E-state index contributed by atoms with van der Waals surface area (Å²) in [5, 5.41) is 5.95. The lowest BCUT2D eigenvalue weighted by atomic mass is 10.2. The zero-order valence-corrected chi connectivity index (χ0v) is 15.0. The van der Waals surface area contributed by atoms with Gasteiger partial charge < -0.3 is 15.0 Å². The third-order valence-electron chi connectivity index (χ3n) is 3.88. The summed E-state index contributed by atoms with van der Waals surface area (Å²) in [5.74, 6) is 1.35. The molecule has 1 amide bonds. The van der Waals surface area contributed by atoms with Gasteiger partial charge in [-0.2, -0.15) is 0 Å². The van der Waals surface area contributed by atoms with Gasteiger partial charge in [0, 0.05) is 50.1 Å². The van der Waals surface area contributed by atoms with Crippen molar-refractivity contribution >= 4 is 17.8 Å². The molecule has 3 rings (SSSR count). The molecule has 1 aliphatic heterocycles. The van der Waals surface area contributed by atoms with Crippen molar-refractivity contribution in [3.8, 4) is 5.75 Å². The summed E-state index contributed by atoms with van der Waals surface area (Å²) in [5.41, 5.74) is 0.790. The highest BCUT2D eigenvalue weighted by Crippen LogP contribution is 2.14. The molecule has 2 N–H and O–H groups in total. The maximum Gasteiger partial charge on any atom is 0.229 e. The lowest BCUT2D eigenvalue weighted by Gasteiger charge is -2.27. The van der Waals surface area contributed by atoms with E-state index in [-0.39, 0.29) is 17.8 Å². The zero-order chi connectivity index (χ0) is 18.4. The normalized spacial score (nSPS) is 14.3. The van der Waals surface area contributed by atoms with Crippen LogP contribution in [0.1, 0.15) is 19.4 Å². The molecule has 9 nitrogen and oxygen atoms in total. The highest BCUT2D eigenvalue weighted by Gasteiger charge is 2.13. The van der Waals surface area contributed by atoms with Crippen LogP contribution in [0.3, 0.4) is 0 Å². The molecular weight excluding hydrogens is 334 g/mol. The van der Waals surface area contributed by atoms with Crippen molar-refractivity contribution < 1.29 is 9.53 Å². The number of piperazine rings is 1. The van der Waals surface area contributed by atoms with Crippen molar-refractivity contribution in [2.75, 3.05) is 36.4 Å². The molecule has 0 spiro atoms. The van der Waals surface area contributed by atoms with Crippen molar-refractivity contribution in [2.24, 2.45) is 5.92 Å². The molecule has 0 aliphatic carbocycles. The van der Waals surface area contributed by atoms with Crippen LogP contribution in [0.5, 0.6) is 5.75 Å². The monoisotopic (exact) mass is 357 g/mol. The van der Waals surface area contributed by atoms with Gasteiger partial charge in [0.25, 0.3) is 0 Å². The number of carbonyl (C=O) groups is 1. The molecule has 138 valence electrons. The van der Waals surface area contributed by atoms with Crippen LogP contribution in [0, 0.1) is 5.92 Å². The summed E-state index contributed by atoms with van der Waals surface area (Å²) in [6.07, 6.45) is 6.59. The van der Waals surface area contributed by atoms with Crippen LogP contribution < -0.4 is 20.3 Å². The lowest BCUT2D eigenvalue weighted by Crippen LogP contribution is -2.44. The van der Waals surface area contributed by atoms with Gasteiger partial charge in [-0.3, -0.25) is 10.1 Å². The second-order valence-electron chi connectivity index (χ2n) is 6.30. The van der Waals surface area contributed by atoms with Crippen LogP contribution in [0.4, 0.5) is 11.9 Å². The van der Waals surface area contributed by atoms with Gasteiger partial charge in [-0.15, -0.1) is 0 Å². The average molecular weight is 357 g/mol. The Balaban J connectivity index is 1.51. The molecule has 0 radical (unpaired) electrons. The number of nitrogens with zero attached hydrogens (tertiary/aromatic N) is 5. The molecule has 0 bridgehead atoms. The third kappa shape index (κ3) is 4.85. The highest BCUT2D eigenvalue weighted by molar-refractivity contribution is 5.90. The molecule has 3 heterocycles. The van der Waals surface area contributed by atoms with Crippen LogP contribution in [0.25, 0.3) is 0 Å². The molecular formula is C17H23N7O2. The van der Waals surface area contributed by atoms with E-state index in [9.17, 15) is 4.79 Å². The van der Waals surface area contributed by atoms with E-state index in [1.807, 2.05) is 13.8 Å². The van der Waals surface area contributed by atoms with Crippen molar-refractivity contribution in [2.45, 2.75) is 20.5 Å². The molecule has 0 saturated carbocycles. The molecule has 2 aromatic rings. The summed E-state index contributed by atoms with van der Waals surface area (Å²) in [7, 11) is 0. The number of ether oxygens (including phenoxy) is 1. The predicted molar refractivity (Wildman–Crippen MR) is 96.9 cm³/mol. The van der Waals surface area contributed by atoms with E-state index >= 15 is 0 Å². The Morgan fingerprint density at radius 3 is 2.42 bits per heavy atom. The second kappa shape index (κ2) is 8.52. The van der Waals surface area contributed by atoms with Crippen molar-refractivity contribution in [1.82, 2.24) is 25.3 Å². The number of hydrogen-bond acceptors (Lipinski definition) is 8. The first-order chi connectivity index (χ1) is 12.6. The predicted octanol–water partition coefficient (Wildman–Crippen LogP) is 0.850. The number of nitrogens with one attached hydrogen (secondary N) is 2. The first-order valence-corrected chi connectivity index (χ1v) is 8.64. The standard InChI is InChI=1S/C17H23N7O2/c1-12(2)15(25)23-16-19-7-13(8-20-16)11-26-14-9-21-17(22-10-14)24-5-3-18-4-6-24/h7-10,12,18H,3-6,11H2,1-2H3,(H,19,20,23,25). The minimum absolute atomic E-state index is 0.115. The number of carbonyl (C=O) groups excluding carboxylic acids is 1. The summed E-state index contributed by atoms with van der Waals surface area (Å²) < 4.78 is 5.67. The molecule has 0 atom stereocenters. The van der Waals surface area contributed by atoms with E-state index in [4.69, 9.17) is 4.74 Å². The van der Waals surface area contributed by atoms with Gasteiger partial charge in [-0.1, -0.05) is 13.8 Å². The fraction of sp³-hybridized carbons (Fsp3) is 0.471. The average Bonchev–Trinajstić information content (AvgIpc) is 2.68. The van der Waals surface area contributed by atoms with Gasteiger partial charge in [0.15, 0.2) is 5.75 Å². The van der Waals surface area contributed by atoms with E-state index in [0.717, 1.165) is 31.7 Å². The first kappa shape index (κ1) is 18.0. The van der Waals surface area contributed by atoms with Crippen LogP contribution >= 0.6 is 0 Å². The number of rotatable bonds is 6. The Bertz CT molecular complexity index is 713. The fourth-order valence-corrected chi connectivity index (χ4v) is 2.33. The minimum atomic E-state index is -0.120. The van der Waals surface area contributed by atoms with Crippen LogP contribution in [-0.2, 0) is 11.4 Å². The summed E-state index contributed by atoms with van der Waals surface area (Å²) in [6, 6.07) is 0. The number of aromatic nitrogens is 4. The smallest absolute Gasteiger partial charge is 0.229 e. The lowest BCUT2D eigenvalue weighted by molar-refractivity contribution is -0.118. The molecule has 0 aromatic carbocycles. The first-order valence-electron chi connectivity index (χ1n) is 8.64. The Hall–Kier alpha value is -2.81. The fourth-order valence-electron chi connectivity index (χ4n) is 2.33. The third-order valence-corrected chi connectivity index (χ3v) is 3.88. The van der Waals surface area contributed by atoms with E-state index < -0.39 is 0 Å². The summed E-state index contributed by atoms with van der Waals surface area (Å²) in [6.45, 7) is 7.60. The largest absolute Gasteiger partial charge is 0.486 e. The van der Waals surface area contributed by atoms with Gasteiger partial charge in [-0.25, -0.2) is 19.9 Å². The molecule has 2 aromatic heterocycles. The molecule has 9 heteroatoms. The van der Waals surface area contributed by atoms with Crippen LogP contribution in [0.2, 0.25) is 0 Å². The Kier molecular flexibility index (Phi) is 5.90. The van der Waals surface area contributed by atoms with Gasteiger partial charge in [-0.05, 0) is 0 Å². The van der Waals surface area contributed by atoms with Gasteiger partial charge in [0.05, 0.1) is 12.4 Å². The SMILES string of the molecule is CC(C)C(=O)Nc1ncc(COc2cnc(N3CCNCC3)nc2)cn1. The van der Waals surface area contributed by atoms with E-state index in [1.54, 1.807) is 24.8 Å². The molecule has 26 heavy (non-hydrogen) atoms. The second-order valence-corrected chi connectivity index (χ2v) is 6.30. The maximum atomic E-state index is 11.6. The molecule has 0 unspecified atom stereocenters. The zero-order valence-electron chi connectivity index (χ0n) is 15.0. The van der Waals surface area contributed by atoms with E-state index in [0.29, 0.717) is 18.3 Å². The van der Waals surface area contributed by atoms with Gasteiger partial charge >= 0.3 is 0 Å². The maximum absolute atomic E-state index is 11.6. The van der Waals surface area contributed by atoms with Crippen molar-refractivity contribution in [1.29, 1.82) is 0 Å². The van der Waals surface area contributed by atoms with E-state index in [2.05, 4.69) is 35.5 Å². The quantitative estimate of drug-likeness (QED) is 0.784. The highest BCUT2D eigenvalue weighted by atomic mass is 16.5. The topological polar surface area (TPSA) is 105 Å². The van der Waals surface area contributed by atoms with E-state index in [1.165, 1.54) is 0 Å². The Labute approximate surface area is 152 Å². The molecule has 1 fully saturated rings. The minimum Gasteiger partial charge on any atom is -0.486 e. The van der Waals surface area contributed by atoms with Crippen molar-refractivity contribution in [3.05, 3.63) is 30.4 Å². The molecule has 1 saturated heterocycles. The van der Waals surface area contributed by atoms with Crippen LogP contribution in [-0.4, -0.2) is 52.0 Å². The number of anilines is 2. The summed E-state index contributed by atoms with van der Waals surface area (Å²) in [4.78, 5) is 30.7. The number of amides is 1. The van der Waals surface area contributed by atoms with Gasteiger partial charge in [0.1, 0.15) is 6.61 Å². The Morgan fingerprint density at radius 1 is 1.15 bits per heavy atom. The van der Waals surface area contributed by atoms with Gasteiger partial charge in [0.2, 0.25) is 17.8 Å². The summed E-state index contributed by atoms with van der Waals surface area (Å²) >= 11 is 0. The van der Waals surface area contributed by atoms with Crippen molar-refractivity contribution in [3.63, 3.8) is 0 Å².